The summed E-state index contributed by atoms with van der Waals surface area (Å²) in [6.07, 6.45) is 0.0284. The van der Waals surface area contributed by atoms with E-state index in [0.29, 0.717) is 5.56 Å². The van der Waals surface area contributed by atoms with Crippen LogP contribution in [0.4, 0.5) is 8.78 Å². The zero-order chi connectivity index (χ0) is 13.2. The molecule has 0 amide bonds. The molecule has 2 aromatic rings. The first-order chi connectivity index (χ1) is 8.49. The molecule has 2 aromatic carbocycles. The minimum Gasteiger partial charge on any atom is -0.385 e. The fourth-order valence-electron chi connectivity index (χ4n) is 1.95. The summed E-state index contributed by atoms with van der Waals surface area (Å²) in [7, 11) is 0. The first-order valence-corrected chi connectivity index (χ1v) is 5.71. The van der Waals surface area contributed by atoms with E-state index in [1.165, 1.54) is 0 Å². The van der Waals surface area contributed by atoms with E-state index >= 15 is 0 Å². The summed E-state index contributed by atoms with van der Waals surface area (Å²) in [5, 5.41) is 10.4. The lowest BCUT2D eigenvalue weighted by Crippen LogP contribution is -2.24. The molecule has 1 atom stereocenters. The van der Waals surface area contributed by atoms with E-state index < -0.39 is 17.2 Å². The van der Waals surface area contributed by atoms with Crippen molar-refractivity contribution >= 4 is 0 Å². The van der Waals surface area contributed by atoms with Crippen LogP contribution in [0.3, 0.4) is 0 Å². The minimum absolute atomic E-state index is 0.0284. The molecular weight excluding hydrogens is 234 g/mol. The van der Waals surface area contributed by atoms with Crippen LogP contribution >= 0.6 is 0 Å². The Hall–Kier alpha value is -1.74. The Morgan fingerprint density at radius 1 is 1.06 bits per heavy atom. The van der Waals surface area contributed by atoms with Gasteiger partial charge in [0.2, 0.25) is 0 Å². The second-order valence-electron chi connectivity index (χ2n) is 4.55. The average molecular weight is 248 g/mol. The molecule has 0 saturated carbocycles. The van der Waals surface area contributed by atoms with Crippen molar-refractivity contribution in [2.24, 2.45) is 0 Å². The third-order valence-corrected chi connectivity index (χ3v) is 2.94. The van der Waals surface area contributed by atoms with Gasteiger partial charge in [-0.15, -0.1) is 0 Å². The molecule has 2 rings (SSSR count). The van der Waals surface area contributed by atoms with E-state index in [1.807, 2.05) is 6.07 Å². The molecular formula is C15H14F2O. The smallest absolute Gasteiger partial charge is 0.126 e. The molecule has 0 aromatic heterocycles. The largest absolute Gasteiger partial charge is 0.385 e. The number of halogens is 2. The van der Waals surface area contributed by atoms with Crippen molar-refractivity contribution in [3.8, 4) is 0 Å². The molecule has 1 nitrogen and oxygen atoms in total. The molecule has 0 aliphatic rings. The Bertz CT molecular complexity index is 535. The number of hydrogen-bond donors (Lipinski definition) is 1. The lowest BCUT2D eigenvalue weighted by molar-refractivity contribution is 0.0566. The summed E-state index contributed by atoms with van der Waals surface area (Å²) < 4.78 is 26.6. The van der Waals surface area contributed by atoms with E-state index in [4.69, 9.17) is 0 Å². The van der Waals surface area contributed by atoms with Gasteiger partial charge in [-0.1, -0.05) is 30.3 Å². The Kier molecular flexibility index (Phi) is 3.43. The summed E-state index contributed by atoms with van der Waals surface area (Å²) in [6.45, 7) is 1.59. The normalized spacial score (nSPS) is 14.2. The van der Waals surface area contributed by atoms with E-state index in [9.17, 15) is 13.9 Å². The maximum Gasteiger partial charge on any atom is 0.126 e. The summed E-state index contributed by atoms with van der Waals surface area (Å²) in [5.74, 6) is -1.01. The van der Waals surface area contributed by atoms with Gasteiger partial charge in [-0.25, -0.2) is 8.78 Å². The highest BCUT2D eigenvalue weighted by Crippen LogP contribution is 2.26. The Morgan fingerprint density at radius 2 is 1.72 bits per heavy atom. The molecule has 18 heavy (non-hydrogen) atoms. The molecule has 0 aliphatic carbocycles. The van der Waals surface area contributed by atoms with Gasteiger partial charge in [-0.3, -0.25) is 0 Å². The van der Waals surface area contributed by atoms with Crippen molar-refractivity contribution in [3.05, 3.63) is 71.3 Å². The highest BCUT2D eigenvalue weighted by molar-refractivity contribution is 5.27. The highest BCUT2D eigenvalue weighted by atomic mass is 19.1. The topological polar surface area (TPSA) is 20.2 Å². The monoisotopic (exact) mass is 248 g/mol. The first kappa shape index (κ1) is 12.7. The molecule has 94 valence electrons. The Labute approximate surface area is 105 Å². The number of rotatable bonds is 3. The molecule has 0 saturated heterocycles. The van der Waals surface area contributed by atoms with Crippen molar-refractivity contribution in [1.82, 2.24) is 0 Å². The van der Waals surface area contributed by atoms with Crippen LogP contribution in [0, 0.1) is 11.6 Å². The zero-order valence-electron chi connectivity index (χ0n) is 10.0. The van der Waals surface area contributed by atoms with Crippen LogP contribution in [-0.2, 0) is 12.0 Å². The Balaban J connectivity index is 2.30. The van der Waals surface area contributed by atoms with E-state index in [0.717, 1.165) is 18.2 Å². The van der Waals surface area contributed by atoms with Crippen molar-refractivity contribution in [2.75, 3.05) is 0 Å². The van der Waals surface area contributed by atoms with E-state index in [1.54, 1.807) is 31.2 Å². The maximum absolute atomic E-state index is 13.5. The lowest BCUT2D eigenvalue weighted by Gasteiger charge is -2.24. The van der Waals surface area contributed by atoms with Crippen molar-refractivity contribution in [2.45, 2.75) is 18.9 Å². The van der Waals surface area contributed by atoms with Gasteiger partial charge in [0.15, 0.2) is 0 Å². The van der Waals surface area contributed by atoms with E-state index in [-0.39, 0.29) is 12.0 Å². The molecule has 0 heterocycles. The fraction of sp³-hybridized carbons (Fsp3) is 0.200. The SMILES string of the molecule is CC(O)(Cc1cc(F)ccc1F)c1ccccc1. The summed E-state index contributed by atoms with van der Waals surface area (Å²) >= 11 is 0. The van der Waals surface area contributed by atoms with Gasteiger partial charge in [0.25, 0.3) is 0 Å². The predicted molar refractivity (Wildman–Crippen MR) is 66.1 cm³/mol. The van der Waals surface area contributed by atoms with Crippen LogP contribution in [0.5, 0.6) is 0 Å². The van der Waals surface area contributed by atoms with E-state index in [2.05, 4.69) is 0 Å². The number of benzene rings is 2. The fourth-order valence-corrected chi connectivity index (χ4v) is 1.95. The summed E-state index contributed by atoms with van der Waals surface area (Å²) in [6, 6.07) is 12.2. The van der Waals surface area contributed by atoms with Crippen LogP contribution in [0.2, 0.25) is 0 Å². The van der Waals surface area contributed by atoms with Gasteiger partial charge in [-0.2, -0.15) is 0 Å². The number of hydrogen-bond acceptors (Lipinski definition) is 1. The van der Waals surface area contributed by atoms with Crippen molar-refractivity contribution in [3.63, 3.8) is 0 Å². The number of aliphatic hydroxyl groups is 1. The molecule has 0 aliphatic heterocycles. The summed E-state index contributed by atoms with van der Waals surface area (Å²) in [4.78, 5) is 0. The second-order valence-corrected chi connectivity index (χ2v) is 4.55. The third-order valence-electron chi connectivity index (χ3n) is 2.94. The molecule has 3 heteroatoms. The van der Waals surface area contributed by atoms with Crippen LogP contribution in [-0.4, -0.2) is 5.11 Å². The van der Waals surface area contributed by atoms with Crippen LogP contribution in [0.25, 0.3) is 0 Å². The Morgan fingerprint density at radius 3 is 2.39 bits per heavy atom. The zero-order valence-corrected chi connectivity index (χ0v) is 10.0. The molecule has 1 unspecified atom stereocenters. The average Bonchev–Trinajstić information content (AvgIpc) is 2.35. The first-order valence-electron chi connectivity index (χ1n) is 5.71. The molecule has 1 N–H and O–H groups in total. The van der Waals surface area contributed by atoms with Crippen LogP contribution in [0.1, 0.15) is 18.1 Å². The minimum atomic E-state index is -1.23. The molecule has 0 spiro atoms. The van der Waals surface area contributed by atoms with Gasteiger partial charge in [-0.05, 0) is 36.2 Å². The highest BCUT2D eigenvalue weighted by Gasteiger charge is 2.24. The standard InChI is InChI=1S/C15H14F2O/c1-15(18,12-5-3-2-4-6-12)10-11-9-13(16)7-8-14(11)17/h2-9,18H,10H2,1H3. The third kappa shape index (κ3) is 2.74. The molecule has 0 bridgehead atoms. The van der Waals surface area contributed by atoms with Crippen LogP contribution < -0.4 is 0 Å². The van der Waals surface area contributed by atoms with Crippen molar-refractivity contribution < 1.29 is 13.9 Å². The van der Waals surface area contributed by atoms with Gasteiger partial charge >= 0.3 is 0 Å². The maximum atomic E-state index is 13.5. The second kappa shape index (κ2) is 4.86. The molecule has 0 fully saturated rings. The van der Waals surface area contributed by atoms with Gasteiger partial charge in [0, 0.05) is 6.42 Å². The van der Waals surface area contributed by atoms with Crippen molar-refractivity contribution in [1.29, 1.82) is 0 Å². The predicted octanol–water partition coefficient (Wildman–Crippen LogP) is 3.42. The summed E-state index contributed by atoms with van der Waals surface area (Å²) in [5.41, 5.74) is -0.381. The van der Waals surface area contributed by atoms with Crippen LogP contribution in [0.15, 0.2) is 48.5 Å². The quantitative estimate of drug-likeness (QED) is 0.882. The lowest BCUT2D eigenvalue weighted by atomic mass is 9.89. The van der Waals surface area contributed by atoms with Gasteiger partial charge in [0.05, 0.1) is 5.60 Å². The molecule has 0 radical (unpaired) electrons. The van der Waals surface area contributed by atoms with Gasteiger partial charge in [0.1, 0.15) is 11.6 Å². The van der Waals surface area contributed by atoms with Gasteiger partial charge < -0.3 is 5.11 Å².